The molecule has 1 N–H and O–H groups in total. The lowest BCUT2D eigenvalue weighted by molar-refractivity contribution is -0.127. The van der Waals surface area contributed by atoms with Crippen molar-refractivity contribution in [2.75, 3.05) is 0 Å². The number of carbonyl (C=O) groups excluding carboxylic acids is 1. The number of rotatable bonds is 4. The first-order valence-corrected chi connectivity index (χ1v) is 7.14. The number of pyridine rings is 1. The van der Waals surface area contributed by atoms with Gasteiger partial charge in [-0.1, -0.05) is 45.7 Å². The van der Waals surface area contributed by atoms with Gasteiger partial charge >= 0.3 is 0 Å². The Morgan fingerprint density at radius 1 is 1.35 bits per heavy atom. The van der Waals surface area contributed by atoms with Gasteiger partial charge in [-0.15, -0.1) is 0 Å². The molecule has 20 heavy (non-hydrogen) atoms. The normalized spacial score (nSPS) is 13.4. The number of hydrogen-bond donors (Lipinski definition) is 2. The van der Waals surface area contributed by atoms with Gasteiger partial charge in [-0.25, -0.2) is 0 Å². The van der Waals surface area contributed by atoms with Crippen LogP contribution in [0, 0.1) is 5.41 Å². The third kappa shape index (κ3) is 3.38. The van der Waals surface area contributed by atoms with Gasteiger partial charge in [0.2, 0.25) is 0 Å². The summed E-state index contributed by atoms with van der Waals surface area (Å²) in [4.78, 5) is 16.6. The zero-order valence-corrected chi connectivity index (χ0v) is 12.9. The molecule has 0 aliphatic rings. The highest BCUT2D eigenvalue weighted by Gasteiger charge is 2.28. The molecule has 0 spiro atoms. The molecular weight excluding hydrogens is 268 g/mol. The molecule has 0 bridgehead atoms. The fourth-order valence-corrected chi connectivity index (χ4v) is 2.42. The van der Waals surface area contributed by atoms with E-state index in [1.165, 1.54) is 0 Å². The SMILES string of the molecule is CC(C)(C)C(=O)C(Cc1ccc2ncccc2c1)NS. The number of hydrogen-bond acceptors (Lipinski definition) is 4. The molecular formula is C16H20N2OS. The Hall–Kier alpha value is -1.39. The maximum absolute atomic E-state index is 12.3. The molecule has 106 valence electrons. The maximum atomic E-state index is 12.3. The van der Waals surface area contributed by atoms with E-state index in [1.54, 1.807) is 6.20 Å². The molecule has 0 aliphatic heterocycles. The van der Waals surface area contributed by atoms with Crippen molar-refractivity contribution in [1.82, 2.24) is 9.71 Å². The molecule has 0 radical (unpaired) electrons. The second kappa shape index (κ2) is 5.94. The number of nitrogens with one attached hydrogen (secondary N) is 1. The molecule has 1 heterocycles. The van der Waals surface area contributed by atoms with Crippen LogP contribution in [0.4, 0.5) is 0 Å². The molecule has 0 aliphatic carbocycles. The van der Waals surface area contributed by atoms with Crippen LogP contribution in [-0.4, -0.2) is 16.8 Å². The van der Waals surface area contributed by atoms with Crippen LogP contribution < -0.4 is 4.72 Å². The molecule has 1 atom stereocenters. The summed E-state index contributed by atoms with van der Waals surface area (Å²) in [5.74, 6) is 0.166. The van der Waals surface area contributed by atoms with Crippen molar-refractivity contribution < 1.29 is 4.79 Å². The quantitative estimate of drug-likeness (QED) is 0.849. The number of carbonyl (C=O) groups is 1. The van der Waals surface area contributed by atoms with E-state index < -0.39 is 0 Å². The third-order valence-electron chi connectivity index (χ3n) is 3.32. The lowest BCUT2D eigenvalue weighted by atomic mass is 9.84. The average Bonchev–Trinajstić information content (AvgIpc) is 2.43. The van der Waals surface area contributed by atoms with Gasteiger partial charge in [0.05, 0.1) is 11.6 Å². The Kier molecular flexibility index (Phi) is 4.45. The minimum atomic E-state index is -0.376. The van der Waals surface area contributed by atoms with Crippen molar-refractivity contribution in [2.45, 2.75) is 33.2 Å². The van der Waals surface area contributed by atoms with E-state index >= 15 is 0 Å². The smallest absolute Gasteiger partial charge is 0.156 e. The van der Waals surface area contributed by atoms with Crippen molar-refractivity contribution in [1.29, 1.82) is 0 Å². The van der Waals surface area contributed by atoms with E-state index in [9.17, 15) is 4.79 Å². The molecule has 2 aromatic rings. The highest BCUT2D eigenvalue weighted by Crippen LogP contribution is 2.20. The highest BCUT2D eigenvalue weighted by atomic mass is 32.1. The Morgan fingerprint density at radius 2 is 2.10 bits per heavy atom. The number of Topliss-reactive ketones (excluding diaryl/α,β-unsaturated/α-hetero) is 1. The fraction of sp³-hybridized carbons (Fsp3) is 0.375. The van der Waals surface area contributed by atoms with Gasteiger partial charge in [0, 0.05) is 17.0 Å². The van der Waals surface area contributed by atoms with E-state index in [1.807, 2.05) is 45.0 Å². The first-order valence-electron chi connectivity index (χ1n) is 6.69. The van der Waals surface area contributed by atoms with Crippen LogP contribution in [0.1, 0.15) is 26.3 Å². The lowest BCUT2D eigenvalue weighted by Gasteiger charge is -2.24. The average molecular weight is 288 g/mol. The van der Waals surface area contributed by atoms with Crippen LogP contribution in [-0.2, 0) is 11.2 Å². The highest BCUT2D eigenvalue weighted by molar-refractivity contribution is 7.78. The van der Waals surface area contributed by atoms with Crippen LogP contribution in [0.2, 0.25) is 0 Å². The van der Waals surface area contributed by atoms with Gasteiger partial charge in [0.25, 0.3) is 0 Å². The van der Waals surface area contributed by atoms with Crippen molar-refractivity contribution in [3.63, 3.8) is 0 Å². The van der Waals surface area contributed by atoms with Gasteiger partial charge in [0.15, 0.2) is 5.78 Å². The Morgan fingerprint density at radius 3 is 2.75 bits per heavy atom. The molecule has 0 saturated heterocycles. The Labute approximate surface area is 125 Å². The fourth-order valence-electron chi connectivity index (χ4n) is 2.21. The minimum absolute atomic E-state index is 0.166. The molecule has 0 saturated carbocycles. The Bertz CT molecular complexity index is 619. The number of fused-ring (bicyclic) bond motifs is 1. The molecule has 2 rings (SSSR count). The first-order chi connectivity index (χ1) is 9.41. The zero-order valence-electron chi connectivity index (χ0n) is 12.1. The van der Waals surface area contributed by atoms with Crippen LogP contribution in [0.15, 0.2) is 36.5 Å². The summed E-state index contributed by atoms with van der Waals surface area (Å²) in [5, 5.41) is 1.09. The van der Waals surface area contributed by atoms with Gasteiger partial charge in [-0.3, -0.25) is 14.5 Å². The molecule has 1 aromatic heterocycles. The summed E-state index contributed by atoms with van der Waals surface area (Å²) < 4.78 is 2.83. The minimum Gasteiger partial charge on any atom is -0.297 e. The summed E-state index contributed by atoms with van der Waals surface area (Å²) in [7, 11) is 0. The first kappa shape index (κ1) is 15.0. The van der Waals surface area contributed by atoms with Crippen molar-refractivity contribution >= 4 is 29.5 Å². The summed E-state index contributed by atoms with van der Waals surface area (Å²) in [5.41, 5.74) is 1.70. The summed E-state index contributed by atoms with van der Waals surface area (Å²) in [6, 6.07) is 9.75. The molecule has 0 amide bonds. The lowest BCUT2D eigenvalue weighted by Crippen LogP contribution is -2.40. The predicted molar refractivity (Wildman–Crippen MR) is 85.8 cm³/mol. The van der Waals surface area contributed by atoms with E-state index in [2.05, 4.69) is 28.6 Å². The standard InChI is InChI=1S/C16H20N2OS/c1-16(2,3)15(19)14(18-20)10-11-6-7-13-12(9-11)5-4-8-17-13/h4-9,14,18,20H,10H2,1-3H3. The van der Waals surface area contributed by atoms with Gasteiger partial charge < -0.3 is 0 Å². The zero-order chi connectivity index (χ0) is 14.8. The number of thiol groups is 1. The second-order valence-electron chi connectivity index (χ2n) is 6.03. The summed E-state index contributed by atoms with van der Waals surface area (Å²) in [6.45, 7) is 5.79. The largest absolute Gasteiger partial charge is 0.297 e. The second-order valence-corrected chi connectivity index (χ2v) is 6.29. The molecule has 0 fully saturated rings. The summed E-state index contributed by atoms with van der Waals surface area (Å²) in [6.07, 6.45) is 2.41. The third-order valence-corrected chi connectivity index (χ3v) is 3.63. The molecule has 4 heteroatoms. The molecule has 3 nitrogen and oxygen atoms in total. The van der Waals surface area contributed by atoms with Gasteiger partial charge in [-0.2, -0.15) is 0 Å². The number of ketones is 1. The van der Waals surface area contributed by atoms with Gasteiger partial charge in [0.1, 0.15) is 0 Å². The van der Waals surface area contributed by atoms with Crippen LogP contribution in [0.5, 0.6) is 0 Å². The van der Waals surface area contributed by atoms with E-state index in [0.717, 1.165) is 16.5 Å². The predicted octanol–water partition coefficient (Wildman–Crippen LogP) is 3.20. The topological polar surface area (TPSA) is 42.0 Å². The van der Waals surface area contributed by atoms with E-state index in [0.29, 0.717) is 6.42 Å². The van der Waals surface area contributed by atoms with E-state index in [-0.39, 0.29) is 17.2 Å². The van der Waals surface area contributed by atoms with Crippen molar-refractivity contribution in [2.24, 2.45) is 5.41 Å². The van der Waals surface area contributed by atoms with Crippen molar-refractivity contribution in [3.8, 4) is 0 Å². The monoisotopic (exact) mass is 288 g/mol. The van der Waals surface area contributed by atoms with Crippen LogP contribution in [0.3, 0.4) is 0 Å². The van der Waals surface area contributed by atoms with Crippen molar-refractivity contribution in [3.05, 3.63) is 42.1 Å². The summed E-state index contributed by atoms with van der Waals surface area (Å²) >= 11 is 4.11. The number of aromatic nitrogens is 1. The van der Waals surface area contributed by atoms with Crippen LogP contribution in [0.25, 0.3) is 10.9 Å². The maximum Gasteiger partial charge on any atom is 0.156 e. The van der Waals surface area contributed by atoms with Crippen LogP contribution >= 0.6 is 12.8 Å². The van der Waals surface area contributed by atoms with Gasteiger partial charge in [-0.05, 0) is 30.2 Å². The molecule has 1 unspecified atom stereocenters. The molecule has 1 aromatic carbocycles. The van der Waals surface area contributed by atoms with E-state index in [4.69, 9.17) is 0 Å². The number of benzene rings is 1. The Balaban J connectivity index is 2.23. The number of nitrogens with zero attached hydrogens (tertiary/aromatic N) is 1.